The van der Waals surface area contributed by atoms with E-state index < -0.39 is 6.10 Å². The molecule has 0 saturated heterocycles. The van der Waals surface area contributed by atoms with Gasteiger partial charge in [0, 0.05) is 13.2 Å². The first kappa shape index (κ1) is 26.8. The van der Waals surface area contributed by atoms with E-state index in [9.17, 15) is 5.11 Å². The average Bonchev–Trinajstić information content (AvgIpc) is 2.67. The van der Waals surface area contributed by atoms with Crippen molar-refractivity contribution in [2.75, 3.05) is 66.1 Å². The Morgan fingerprint density at radius 1 is 0.481 bits per heavy atom. The zero-order valence-corrected chi connectivity index (χ0v) is 17.8. The molecule has 0 spiro atoms. The Hall–Kier alpha value is -0.240. The SMILES string of the molecule is CCCCCCOCCOCCOCC(O)COCCOCCCCCC. The van der Waals surface area contributed by atoms with Crippen molar-refractivity contribution in [1.29, 1.82) is 0 Å². The van der Waals surface area contributed by atoms with Gasteiger partial charge in [-0.2, -0.15) is 0 Å². The summed E-state index contributed by atoms with van der Waals surface area (Å²) in [5.74, 6) is 0. The molecule has 0 radical (unpaired) electrons. The van der Waals surface area contributed by atoms with E-state index in [0.29, 0.717) is 39.6 Å². The van der Waals surface area contributed by atoms with Crippen LogP contribution in [0.15, 0.2) is 0 Å². The van der Waals surface area contributed by atoms with Gasteiger partial charge in [0.1, 0.15) is 6.10 Å². The van der Waals surface area contributed by atoms with Gasteiger partial charge < -0.3 is 28.8 Å². The number of hydrogen-bond donors (Lipinski definition) is 1. The number of ether oxygens (including phenoxy) is 5. The Bertz CT molecular complexity index is 265. The van der Waals surface area contributed by atoms with Gasteiger partial charge in [-0.25, -0.2) is 0 Å². The van der Waals surface area contributed by atoms with Crippen molar-refractivity contribution < 1.29 is 28.8 Å². The lowest BCUT2D eigenvalue weighted by Crippen LogP contribution is -2.24. The lowest BCUT2D eigenvalue weighted by atomic mass is 10.2. The number of rotatable bonds is 23. The third kappa shape index (κ3) is 23.7. The maximum absolute atomic E-state index is 9.76. The first-order valence-corrected chi connectivity index (χ1v) is 10.9. The van der Waals surface area contributed by atoms with Crippen LogP contribution < -0.4 is 0 Å². The molecule has 164 valence electrons. The van der Waals surface area contributed by atoms with Crippen molar-refractivity contribution >= 4 is 0 Å². The molecule has 0 aliphatic heterocycles. The zero-order valence-electron chi connectivity index (χ0n) is 17.8. The first-order valence-electron chi connectivity index (χ1n) is 10.9. The third-order valence-corrected chi connectivity index (χ3v) is 4.02. The molecule has 1 unspecified atom stereocenters. The molecule has 0 aromatic rings. The quantitative estimate of drug-likeness (QED) is 0.268. The number of aliphatic hydroxyl groups is 1. The van der Waals surface area contributed by atoms with Gasteiger partial charge in [0.2, 0.25) is 0 Å². The fourth-order valence-corrected chi connectivity index (χ4v) is 2.41. The molecule has 0 rings (SSSR count). The van der Waals surface area contributed by atoms with E-state index in [0.717, 1.165) is 26.1 Å². The largest absolute Gasteiger partial charge is 0.388 e. The summed E-state index contributed by atoms with van der Waals surface area (Å²) in [7, 11) is 0. The molecule has 6 heteroatoms. The minimum absolute atomic E-state index is 0.259. The second kappa shape index (κ2) is 23.8. The van der Waals surface area contributed by atoms with Crippen LogP contribution in [-0.2, 0) is 23.7 Å². The van der Waals surface area contributed by atoms with Gasteiger partial charge in [-0.05, 0) is 12.8 Å². The molecule has 0 aromatic carbocycles. The summed E-state index contributed by atoms with van der Waals surface area (Å²) < 4.78 is 27.1. The maximum atomic E-state index is 9.76. The molecule has 0 aliphatic carbocycles. The molecule has 0 heterocycles. The average molecular weight is 393 g/mol. The summed E-state index contributed by atoms with van der Waals surface area (Å²) in [5, 5.41) is 9.76. The van der Waals surface area contributed by atoms with Crippen molar-refractivity contribution in [3.63, 3.8) is 0 Å². The second-order valence-electron chi connectivity index (χ2n) is 6.76. The normalized spacial score (nSPS) is 12.6. The van der Waals surface area contributed by atoms with E-state index in [-0.39, 0.29) is 13.2 Å². The Morgan fingerprint density at radius 2 is 0.852 bits per heavy atom. The van der Waals surface area contributed by atoms with Crippen LogP contribution in [0.25, 0.3) is 0 Å². The van der Waals surface area contributed by atoms with Crippen molar-refractivity contribution in [2.45, 2.75) is 71.3 Å². The molecule has 27 heavy (non-hydrogen) atoms. The van der Waals surface area contributed by atoms with Crippen molar-refractivity contribution in [1.82, 2.24) is 0 Å². The Morgan fingerprint density at radius 3 is 1.26 bits per heavy atom. The molecule has 0 fully saturated rings. The van der Waals surface area contributed by atoms with Crippen LogP contribution in [-0.4, -0.2) is 77.3 Å². The van der Waals surface area contributed by atoms with Gasteiger partial charge in [-0.1, -0.05) is 52.4 Å². The molecule has 6 nitrogen and oxygen atoms in total. The highest BCUT2D eigenvalue weighted by Gasteiger charge is 2.04. The fraction of sp³-hybridized carbons (Fsp3) is 1.00. The number of unbranched alkanes of at least 4 members (excludes halogenated alkanes) is 6. The van der Waals surface area contributed by atoms with E-state index in [1.807, 2.05) is 0 Å². The standard InChI is InChI=1S/C21H44O6/c1-3-5-7-9-11-23-13-14-25-16-18-27-20-21(22)19-26-17-15-24-12-10-8-6-4-2/h21-22H,3-20H2,1-2H3. The van der Waals surface area contributed by atoms with Gasteiger partial charge >= 0.3 is 0 Å². The van der Waals surface area contributed by atoms with Crippen LogP contribution in [0.5, 0.6) is 0 Å². The van der Waals surface area contributed by atoms with Crippen LogP contribution in [0.3, 0.4) is 0 Å². The lowest BCUT2D eigenvalue weighted by Gasteiger charge is -2.12. The minimum atomic E-state index is -0.610. The molecule has 0 saturated carbocycles. The Labute approximate surface area is 166 Å². The van der Waals surface area contributed by atoms with Gasteiger partial charge in [0.05, 0.1) is 52.9 Å². The molecule has 0 amide bonds. The topological polar surface area (TPSA) is 66.4 Å². The van der Waals surface area contributed by atoms with Crippen molar-refractivity contribution in [2.24, 2.45) is 0 Å². The summed E-state index contributed by atoms with van der Waals surface area (Å²) in [4.78, 5) is 0. The van der Waals surface area contributed by atoms with Gasteiger partial charge in [0.25, 0.3) is 0 Å². The van der Waals surface area contributed by atoms with E-state index in [1.165, 1.54) is 38.5 Å². The summed E-state index contributed by atoms with van der Waals surface area (Å²) in [6, 6.07) is 0. The van der Waals surface area contributed by atoms with Crippen LogP contribution in [0.2, 0.25) is 0 Å². The highest BCUT2D eigenvalue weighted by Crippen LogP contribution is 1.99. The number of hydrogen-bond acceptors (Lipinski definition) is 6. The van der Waals surface area contributed by atoms with Crippen LogP contribution in [0.1, 0.15) is 65.2 Å². The lowest BCUT2D eigenvalue weighted by molar-refractivity contribution is -0.0444. The first-order chi connectivity index (χ1) is 13.3. The highest BCUT2D eigenvalue weighted by atomic mass is 16.6. The van der Waals surface area contributed by atoms with Crippen molar-refractivity contribution in [3.8, 4) is 0 Å². The van der Waals surface area contributed by atoms with Crippen LogP contribution >= 0.6 is 0 Å². The molecule has 1 atom stereocenters. The summed E-state index contributed by atoms with van der Waals surface area (Å²) >= 11 is 0. The zero-order chi connectivity index (χ0) is 19.8. The summed E-state index contributed by atoms with van der Waals surface area (Å²) in [6.07, 6.45) is 9.12. The van der Waals surface area contributed by atoms with Gasteiger partial charge in [-0.15, -0.1) is 0 Å². The molecular weight excluding hydrogens is 348 g/mol. The minimum Gasteiger partial charge on any atom is -0.388 e. The maximum Gasteiger partial charge on any atom is 0.101 e. The van der Waals surface area contributed by atoms with E-state index in [4.69, 9.17) is 23.7 Å². The third-order valence-electron chi connectivity index (χ3n) is 4.02. The second-order valence-corrected chi connectivity index (χ2v) is 6.76. The highest BCUT2D eigenvalue weighted by molar-refractivity contribution is 4.51. The predicted molar refractivity (Wildman–Crippen MR) is 108 cm³/mol. The smallest absolute Gasteiger partial charge is 0.101 e. The molecule has 0 bridgehead atoms. The van der Waals surface area contributed by atoms with Crippen molar-refractivity contribution in [3.05, 3.63) is 0 Å². The summed E-state index contributed by atoms with van der Waals surface area (Å²) in [6.45, 7) is 9.81. The molecule has 0 aliphatic rings. The fourth-order valence-electron chi connectivity index (χ4n) is 2.41. The predicted octanol–water partition coefficient (Wildman–Crippen LogP) is 3.59. The molecule has 1 N–H and O–H groups in total. The van der Waals surface area contributed by atoms with E-state index >= 15 is 0 Å². The monoisotopic (exact) mass is 392 g/mol. The summed E-state index contributed by atoms with van der Waals surface area (Å²) in [5.41, 5.74) is 0. The van der Waals surface area contributed by atoms with E-state index in [2.05, 4.69) is 13.8 Å². The Kier molecular flexibility index (Phi) is 23.6. The van der Waals surface area contributed by atoms with Gasteiger partial charge in [-0.3, -0.25) is 0 Å². The van der Waals surface area contributed by atoms with Crippen LogP contribution in [0, 0.1) is 0 Å². The molecule has 0 aromatic heterocycles. The van der Waals surface area contributed by atoms with Gasteiger partial charge in [0.15, 0.2) is 0 Å². The molecular formula is C21H44O6. The van der Waals surface area contributed by atoms with E-state index in [1.54, 1.807) is 0 Å². The Balaban J connectivity index is 3.12. The van der Waals surface area contributed by atoms with Crippen LogP contribution in [0.4, 0.5) is 0 Å². The number of aliphatic hydroxyl groups excluding tert-OH is 1.